The largest absolute Gasteiger partial charge is 0.389 e. The fraction of sp³-hybridized carbons (Fsp3) is 0.889. The Balaban J connectivity index is 3.23. The van der Waals surface area contributed by atoms with Gasteiger partial charge >= 0.3 is 6.18 Å². The molecule has 0 amide bonds. The van der Waals surface area contributed by atoms with Crippen LogP contribution < -0.4 is 0 Å². The highest BCUT2D eigenvalue weighted by molar-refractivity contribution is 6.76. The monoisotopic (exact) mass is 227 g/mol. The second-order valence-electron chi connectivity index (χ2n) is 4.49. The van der Waals surface area contributed by atoms with Crippen LogP contribution in [0.2, 0.25) is 25.7 Å². The van der Waals surface area contributed by atoms with Crippen molar-refractivity contribution in [2.24, 2.45) is 0 Å². The smallest absolute Gasteiger partial charge is 0.381 e. The summed E-state index contributed by atoms with van der Waals surface area (Å²) in [4.78, 5) is 0. The highest BCUT2D eigenvalue weighted by atomic mass is 28.3. The fourth-order valence-electron chi connectivity index (χ4n) is 0.768. The molecule has 0 aliphatic carbocycles. The zero-order valence-corrected chi connectivity index (χ0v) is 9.95. The summed E-state index contributed by atoms with van der Waals surface area (Å²) in [5.74, 6) is 0. The molecule has 0 aromatic heterocycles. The molecule has 1 radical (unpaired) electrons. The van der Waals surface area contributed by atoms with Crippen LogP contribution in [0.5, 0.6) is 0 Å². The summed E-state index contributed by atoms with van der Waals surface area (Å²) >= 11 is 0. The Labute approximate surface area is 84.6 Å². The second-order valence-corrected chi connectivity index (χ2v) is 10.1. The molecule has 0 aromatic carbocycles. The van der Waals surface area contributed by atoms with Crippen molar-refractivity contribution in [3.8, 4) is 0 Å². The van der Waals surface area contributed by atoms with Gasteiger partial charge in [0.15, 0.2) is 0 Å². The van der Waals surface area contributed by atoms with Gasteiger partial charge in [0, 0.05) is 21.1 Å². The third-order valence-electron chi connectivity index (χ3n) is 1.61. The average Bonchev–Trinajstić information content (AvgIpc) is 1.92. The predicted molar refractivity (Wildman–Crippen MR) is 53.9 cm³/mol. The van der Waals surface area contributed by atoms with Gasteiger partial charge in [-0.25, -0.2) is 0 Å². The molecule has 85 valence electrons. The van der Waals surface area contributed by atoms with E-state index in [-0.39, 0.29) is 6.61 Å². The Bertz CT molecular complexity index is 133. The first-order valence-corrected chi connectivity index (χ1v) is 8.38. The fourth-order valence-corrected chi connectivity index (χ4v) is 1.52. The molecule has 0 rings (SSSR count). The maximum atomic E-state index is 11.7. The van der Waals surface area contributed by atoms with Gasteiger partial charge in [-0.15, -0.1) is 0 Å². The Morgan fingerprint density at radius 3 is 2.21 bits per heavy atom. The first-order valence-electron chi connectivity index (χ1n) is 4.67. The first kappa shape index (κ1) is 14.0. The van der Waals surface area contributed by atoms with Gasteiger partial charge in [0.1, 0.15) is 0 Å². The Morgan fingerprint density at radius 2 is 1.79 bits per heavy atom. The first-order chi connectivity index (χ1) is 6.21. The van der Waals surface area contributed by atoms with Gasteiger partial charge in [-0.05, 0) is 12.5 Å². The van der Waals surface area contributed by atoms with Crippen LogP contribution in [0.25, 0.3) is 0 Å². The van der Waals surface area contributed by atoms with Gasteiger partial charge in [-0.3, -0.25) is 0 Å². The zero-order valence-electron chi connectivity index (χ0n) is 8.95. The van der Waals surface area contributed by atoms with Crippen molar-refractivity contribution >= 4 is 8.07 Å². The molecular weight excluding hydrogens is 209 g/mol. The molecule has 14 heavy (non-hydrogen) atoms. The van der Waals surface area contributed by atoms with E-state index in [4.69, 9.17) is 4.74 Å². The molecule has 0 aliphatic heterocycles. The SMILES string of the molecule is C[Si](C)(C)CCOC[CH]CC(F)(F)F. The number of ether oxygens (including phenoxy) is 1. The van der Waals surface area contributed by atoms with Gasteiger partial charge in [-0.1, -0.05) is 19.6 Å². The van der Waals surface area contributed by atoms with Crippen molar-refractivity contribution in [2.45, 2.75) is 38.3 Å². The van der Waals surface area contributed by atoms with Crippen molar-refractivity contribution in [1.82, 2.24) is 0 Å². The predicted octanol–water partition coefficient (Wildman–Crippen LogP) is 3.50. The summed E-state index contributed by atoms with van der Waals surface area (Å²) < 4.78 is 40.1. The van der Waals surface area contributed by atoms with Crippen molar-refractivity contribution in [1.29, 1.82) is 0 Å². The molecule has 0 N–H and O–H groups in total. The summed E-state index contributed by atoms with van der Waals surface area (Å²) in [6.45, 7) is 7.29. The molecule has 0 aliphatic rings. The van der Waals surface area contributed by atoms with E-state index in [0.29, 0.717) is 6.61 Å². The number of hydrogen-bond donors (Lipinski definition) is 0. The van der Waals surface area contributed by atoms with Crippen LogP contribution in [-0.2, 0) is 4.74 Å². The number of alkyl halides is 3. The average molecular weight is 227 g/mol. The number of hydrogen-bond acceptors (Lipinski definition) is 1. The molecule has 0 atom stereocenters. The standard InChI is InChI=1S/C9H18F3OSi/c1-14(2,3)8-7-13-6-4-5-9(10,11)12/h4H,5-8H2,1-3H3. The molecule has 0 heterocycles. The summed E-state index contributed by atoms with van der Waals surface area (Å²) in [5.41, 5.74) is 0. The molecule has 5 heteroatoms. The summed E-state index contributed by atoms with van der Waals surface area (Å²) in [5, 5.41) is 0. The second kappa shape index (κ2) is 5.75. The molecule has 0 fully saturated rings. The van der Waals surface area contributed by atoms with E-state index in [1.807, 2.05) is 0 Å². The maximum Gasteiger partial charge on any atom is 0.389 e. The van der Waals surface area contributed by atoms with Crippen molar-refractivity contribution < 1.29 is 17.9 Å². The summed E-state index contributed by atoms with van der Waals surface area (Å²) in [6, 6.07) is 0.993. The van der Waals surface area contributed by atoms with Crippen molar-refractivity contribution in [2.75, 3.05) is 13.2 Å². The van der Waals surface area contributed by atoms with Gasteiger partial charge in [0.25, 0.3) is 0 Å². The highest BCUT2D eigenvalue weighted by Gasteiger charge is 2.26. The molecule has 0 aromatic rings. The van der Waals surface area contributed by atoms with E-state index in [9.17, 15) is 13.2 Å². The minimum absolute atomic E-state index is 0.101. The van der Waals surface area contributed by atoms with E-state index in [0.717, 1.165) is 12.5 Å². The van der Waals surface area contributed by atoms with Crippen LogP contribution in [0, 0.1) is 6.42 Å². The lowest BCUT2D eigenvalue weighted by atomic mass is 10.3. The lowest BCUT2D eigenvalue weighted by molar-refractivity contribution is -0.129. The molecule has 0 saturated carbocycles. The minimum Gasteiger partial charge on any atom is -0.381 e. The van der Waals surface area contributed by atoms with E-state index < -0.39 is 20.7 Å². The molecule has 0 saturated heterocycles. The van der Waals surface area contributed by atoms with Crippen molar-refractivity contribution in [3.63, 3.8) is 0 Å². The van der Waals surface area contributed by atoms with E-state index in [2.05, 4.69) is 19.6 Å². The molecule has 0 spiro atoms. The zero-order chi connectivity index (χ0) is 11.2. The third kappa shape index (κ3) is 12.0. The Morgan fingerprint density at radius 1 is 1.21 bits per heavy atom. The molecule has 0 bridgehead atoms. The lowest BCUT2D eigenvalue weighted by Crippen LogP contribution is -2.22. The van der Waals surface area contributed by atoms with Gasteiger partial charge in [-0.2, -0.15) is 13.2 Å². The summed E-state index contributed by atoms with van der Waals surface area (Å²) in [7, 11) is -1.12. The maximum absolute atomic E-state index is 11.7. The Kier molecular flexibility index (Phi) is 5.74. The number of rotatable bonds is 6. The molecule has 0 unspecified atom stereocenters. The van der Waals surface area contributed by atoms with Gasteiger partial charge in [0.2, 0.25) is 0 Å². The van der Waals surface area contributed by atoms with Crippen LogP contribution in [0.3, 0.4) is 0 Å². The van der Waals surface area contributed by atoms with Gasteiger partial charge < -0.3 is 4.74 Å². The van der Waals surface area contributed by atoms with Crippen molar-refractivity contribution in [3.05, 3.63) is 6.42 Å². The third-order valence-corrected chi connectivity index (χ3v) is 3.31. The topological polar surface area (TPSA) is 9.23 Å². The minimum atomic E-state index is -4.10. The quantitative estimate of drug-likeness (QED) is 0.498. The van der Waals surface area contributed by atoms with Crippen LogP contribution in [0.1, 0.15) is 6.42 Å². The normalized spacial score (nSPS) is 13.3. The highest BCUT2D eigenvalue weighted by Crippen LogP contribution is 2.20. The number of halogens is 3. The van der Waals surface area contributed by atoms with Crippen LogP contribution in [0.4, 0.5) is 13.2 Å². The summed E-state index contributed by atoms with van der Waals surface area (Å²) in [6.07, 6.45) is -3.83. The van der Waals surface area contributed by atoms with E-state index >= 15 is 0 Å². The Hall–Kier alpha value is -0.0331. The van der Waals surface area contributed by atoms with E-state index in [1.165, 1.54) is 0 Å². The lowest BCUT2D eigenvalue weighted by Gasteiger charge is -2.15. The molecular formula is C9H18F3OSi. The van der Waals surface area contributed by atoms with Crippen LogP contribution >= 0.6 is 0 Å². The van der Waals surface area contributed by atoms with Gasteiger partial charge in [0.05, 0.1) is 6.61 Å². The van der Waals surface area contributed by atoms with Crippen LogP contribution in [-0.4, -0.2) is 27.5 Å². The van der Waals surface area contributed by atoms with E-state index in [1.54, 1.807) is 0 Å². The molecule has 1 nitrogen and oxygen atoms in total. The van der Waals surface area contributed by atoms with Crippen LogP contribution in [0.15, 0.2) is 0 Å².